The Bertz CT molecular complexity index is 465. The molecule has 0 heterocycles. The highest BCUT2D eigenvalue weighted by Gasteiger charge is 2.26. The number of ketones is 1. The monoisotopic (exact) mass is 245 g/mol. The smallest absolute Gasteiger partial charge is 0.237 e. The second kappa shape index (κ2) is 6.49. The van der Waals surface area contributed by atoms with E-state index in [0.29, 0.717) is 5.56 Å². The Morgan fingerprint density at radius 1 is 1.28 bits per heavy atom. The lowest BCUT2D eigenvalue weighted by Crippen LogP contribution is -2.37. The number of amides is 2. The van der Waals surface area contributed by atoms with Gasteiger partial charge in [0.25, 0.3) is 0 Å². The quantitative estimate of drug-likeness (QED) is 0.488. The molecular formula is C14H15NO3. The summed E-state index contributed by atoms with van der Waals surface area (Å²) in [5, 5.41) is 2.13. The molecule has 1 atom stereocenters. The van der Waals surface area contributed by atoms with Crippen molar-refractivity contribution in [2.75, 3.05) is 0 Å². The van der Waals surface area contributed by atoms with Crippen molar-refractivity contribution in [1.82, 2.24) is 5.32 Å². The van der Waals surface area contributed by atoms with Gasteiger partial charge in [-0.1, -0.05) is 36.4 Å². The lowest BCUT2D eigenvalue weighted by atomic mass is 9.94. The number of benzene rings is 1. The highest BCUT2D eigenvalue weighted by Crippen LogP contribution is 2.13. The summed E-state index contributed by atoms with van der Waals surface area (Å²) in [7, 11) is 0. The molecule has 18 heavy (non-hydrogen) atoms. The van der Waals surface area contributed by atoms with Crippen LogP contribution in [0, 0.1) is 5.92 Å². The van der Waals surface area contributed by atoms with Crippen molar-refractivity contribution in [3.05, 3.63) is 48.6 Å². The zero-order chi connectivity index (χ0) is 13.5. The van der Waals surface area contributed by atoms with Crippen molar-refractivity contribution in [2.45, 2.75) is 13.3 Å². The second-order valence-corrected chi connectivity index (χ2v) is 3.85. The molecule has 1 rings (SSSR count). The fraction of sp³-hybridized carbons (Fsp3) is 0.214. The summed E-state index contributed by atoms with van der Waals surface area (Å²) in [6.45, 7) is 4.75. The van der Waals surface area contributed by atoms with Crippen LogP contribution < -0.4 is 5.32 Å². The Morgan fingerprint density at radius 2 is 1.89 bits per heavy atom. The first-order valence-electron chi connectivity index (χ1n) is 5.58. The van der Waals surface area contributed by atoms with Crippen molar-refractivity contribution in [1.29, 1.82) is 0 Å². The van der Waals surface area contributed by atoms with E-state index in [9.17, 15) is 14.4 Å². The van der Waals surface area contributed by atoms with Crippen LogP contribution in [-0.2, 0) is 9.59 Å². The fourth-order valence-electron chi connectivity index (χ4n) is 1.56. The van der Waals surface area contributed by atoms with Crippen LogP contribution in [0.3, 0.4) is 0 Å². The molecule has 0 saturated carbocycles. The molecule has 0 bridgehead atoms. The van der Waals surface area contributed by atoms with E-state index >= 15 is 0 Å². The zero-order valence-electron chi connectivity index (χ0n) is 10.2. The van der Waals surface area contributed by atoms with E-state index in [-0.39, 0.29) is 12.2 Å². The van der Waals surface area contributed by atoms with E-state index in [4.69, 9.17) is 0 Å². The van der Waals surface area contributed by atoms with Gasteiger partial charge in [-0.05, 0) is 6.42 Å². The van der Waals surface area contributed by atoms with Gasteiger partial charge in [0.15, 0.2) is 5.78 Å². The minimum absolute atomic E-state index is 0.201. The summed E-state index contributed by atoms with van der Waals surface area (Å²) in [6.07, 6.45) is 1.69. The Morgan fingerprint density at radius 3 is 2.39 bits per heavy atom. The molecule has 0 aliphatic carbocycles. The maximum absolute atomic E-state index is 12.1. The molecule has 1 N–H and O–H groups in total. The molecule has 2 amide bonds. The summed E-state index contributed by atoms with van der Waals surface area (Å²) in [6, 6.07) is 8.51. The highest BCUT2D eigenvalue weighted by molar-refractivity contribution is 6.13. The Labute approximate surface area is 106 Å². The summed E-state index contributed by atoms with van der Waals surface area (Å²) in [5.74, 6) is -2.28. The van der Waals surface area contributed by atoms with Crippen LogP contribution in [0.15, 0.2) is 43.0 Å². The maximum atomic E-state index is 12.1. The van der Waals surface area contributed by atoms with Crippen LogP contribution in [0.4, 0.5) is 0 Å². The van der Waals surface area contributed by atoms with Crippen LogP contribution in [0.1, 0.15) is 23.7 Å². The van der Waals surface area contributed by atoms with Gasteiger partial charge < -0.3 is 0 Å². The van der Waals surface area contributed by atoms with E-state index in [1.807, 2.05) is 0 Å². The summed E-state index contributed by atoms with van der Waals surface area (Å²) in [4.78, 5) is 34.7. The normalized spacial score (nSPS) is 11.4. The number of allylic oxidation sites excluding steroid dienone is 1. The molecule has 0 spiro atoms. The molecule has 0 aromatic heterocycles. The van der Waals surface area contributed by atoms with Crippen molar-refractivity contribution < 1.29 is 14.4 Å². The van der Waals surface area contributed by atoms with E-state index in [1.54, 1.807) is 30.3 Å². The SMILES string of the molecule is C=CCC(C(=O)NC(C)=O)C(=O)c1ccccc1. The number of nitrogens with one attached hydrogen (secondary N) is 1. The first-order valence-corrected chi connectivity index (χ1v) is 5.58. The van der Waals surface area contributed by atoms with Crippen molar-refractivity contribution in [3.63, 3.8) is 0 Å². The van der Waals surface area contributed by atoms with E-state index in [0.717, 1.165) is 0 Å². The minimum Gasteiger partial charge on any atom is -0.296 e. The molecule has 0 saturated heterocycles. The summed E-state index contributed by atoms with van der Waals surface area (Å²) < 4.78 is 0. The van der Waals surface area contributed by atoms with Gasteiger partial charge >= 0.3 is 0 Å². The van der Waals surface area contributed by atoms with E-state index < -0.39 is 17.7 Å². The number of Topliss-reactive ketones (excluding diaryl/α,β-unsaturated/α-hetero) is 1. The van der Waals surface area contributed by atoms with Crippen molar-refractivity contribution >= 4 is 17.6 Å². The average Bonchev–Trinajstić information content (AvgIpc) is 2.35. The maximum Gasteiger partial charge on any atom is 0.237 e. The van der Waals surface area contributed by atoms with Crippen LogP contribution >= 0.6 is 0 Å². The Balaban J connectivity index is 2.91. The highest BCUT2D eigenvalue weighted by atomic mass is 16.2. The molecule has 1 aromatic carbocycles. The molecule has 0 radical (unpaired) electrons. The van der Waals surface area contributed by atoms with Gasteiger partial charge in [0.1, 0.15) is 5.92 Å². The summed E-state index contributed by atoms with van der Waals surface area (Å²) in [5.41, 5.74) is 0.447. The summed E-state index contributed by atoms with van der Waals surface area (Å²) >= 11 is 0. The number of imide groups is 1. The number of hydrogen-bond donors (Lipinski definition) is 1. The molecule has 1 unspecified atom stereocenters. The molecule has 0 aliphatic rings. The van der Waals surface area contributed by atoms with Crippen molar-refractivity contribution in [2.24, 2.45) is 5.92 Å². The lowest BCUT2D eigenvalue weighted by molar-refractivity contribution is -0.130. The van der Waals surface area contributed by atoms with Gasteiger partial charge in [0.05, 0.1) is 0 Å². The van der Waals surface area contributed by atoms with Gasteiger partial charge in [-0.3, -0.25) is 19.7 Å². The molecule has 4 nitrogen and oxygen atoms in total. The molecule has 1 aromatic rings. The van der Waals surface area contributed by atoms with Crippen molar-refractivity contribution in [3.8, 4) is 0 Å². The Hall–Kier alpha value is -2.23. The van der Waals surface area contributed by atoms with Gasteiger partial charge in [0, 0.05) is 12.5 Å². The second-order valence-electron chi connectivity index (χ2n) is 3.85. The van der Waals surface area contributed by atoms with Crippen LogP contribution in [-0.4, -0.2) is 17.6 Å². The largest absolute Gasteiger partial charge is 0.296 e. The number of carbonyl (C=O) groups excluding carboxylic acids is 3. The Kier molecular flexibility index (Phi) is 4.99. The molecule has 94 valence electrons. The molecule has 4 heteroatoms. The molecule has 0 aliphatic heterocycles. The minimum atomic E-state index is -0.909. The predicted octanol–water partition coefficient (Wildman–Crippen LogP) is 1.72. The standard InChI is InChI=1S/C14H15NO3/c1-3-7-12(14(18)15-10(2)16)13(17)11-8-5-4-6-9-11/h3-6,8-9,12H,1,7H2,2H3,(H,15,16,18). The van der Waals surface area contributed by atoms with Crippen LogP contribution in [0.25, 0.3) is 0 Å². The van der Waals surface area contributed by atoms with Gasteiger partial charge in [0.2, 0.25) is 11.8 Å². The lowest BCUT2D eigenvalue weighted by Gasteiger charge is -2.12. The number of carbonyl (C=O) groups is 3. The predicted molar refractivity (Wildman–Crippen MR) is 67.9 cm³/mol. The first kappa shape index (κ1) is 13.8. The van der Waals surface area contributed by atoms with E-state index in [1.165, 1.54) is 13.0 Å². The average molecular weight is 245 g/mol. The fourth-order valence-corrected chi connectivity index (χ4v) is 1.56. The van der Waals surface area contributed by atoms with E-state index in [2.05, 4.69) is 11.9 Å². The first-order chi connectivity index (χ1) is 8.56. The molecular weight excluding hydrogens is 230 g/mol. The van der Waals surface area contributed by atoms with Gasteiger partial charge in [-0.15, -0.1) is 6.58 Å². The zero-order valence-corrected chi connectivity index (χ0v) is 10.2. The van der Waals surface area contributed by atoms with Gasteiger partial charge in [-0.25, -0.2) is 0 Å². The third kappa shape index (κ3) is 3.66. The topological polar surface area (TPSA) is 63.2 Å². The van der Waals surface area contributed by atoms with Crippen LogP contribution in [0.5, 0.6) is 0 Å². The third-order valence-corrected chi connectivity index (χ3v) is 2.39. The van der Waals surface area contributed by atoms with Crippen LogP contribution in [0.2, 0.25) is 0 Å². The third-order valence-electron chi connectivity index (χ3n) is 2.39. The van der Waals surface area contributed by atoms with Gasteiger partial charge in [-0.2, -0.15) is 0 Å². The number of hydrogen-bond acceptors (Lipinski definition) is 3. The number of rotatable bonds is 5. The molecule has 0 fully saturated rings.